The van der Waals surface area contributed by atoms with Crippen molar-refractivity contribution in [1.82, 2.24) is 10.2 Å². The summed E-state index contributed by atoms with van der Waals surface area (Å²) in [6.45, 7) is 2.67. The third kappa shape index (κ3) is 7.87. The first-order chi connectivity index (χ1) is 17.4. The summed E-state index contributed by atoms with van der Waals surface area (Å²) in [5, 5.41) is 14.0. The normalized spacial score (nSPS) is 11.9. The molecule has 0 saturated carbocycles. The van der Waals surface area contributed by atoms with Crippen molar-refractivity contribution in [3.8, 4) is 5.75 Å². The quantitative estimate of drug-likeness (QED) is 0.235. The van der Waals surface area contributed by atoms with Crippen LogP contribution in [0.1, 0.15) is 32.3 Å². The maximum atomic E-state index is 14.4. The van der Waals surface area contributed by atoms with E-state index in [9.17, 15) is 32.5 Å². The fourth-order valence-corrected chi connectivity index (χ4v) is 4.36. The molecule has 1 atom stereocenters. The van der Waals surface area contributed by atoms with Crippen molar-refractivity contribution in [1.29, 1.82) is 0 Å². The molecule has 0 aliphatic rings. The van der Waals surface area contributed by atoms with E-state index < -0.39 is 50.9 Å². The molecule has 0 aliphatic carbocycles. The number of halogens is 1. The van der Waals surface area contributed by atoms with Gasteiger partial charge in [-0.05, 0) is 25.5 Å². The molecule has 0 bridgehead atoms. The van der Waals surface area contributed by atoms with E-state index in [0.29, 0.717) is 17.3 Å². The lowest BCUT2D eigenvalue weighted by Gasteiger charge is -2.31. The summed E-state index contributed by atoms with van der Waals surface area (Å²) in [5.41, 5.74) is -0.509. The molecule has 2 aromatic rings. The molecule has 1 unspecified atom stereocenters. The van der Waals surface area contributed by atoms with Gasteiger partial charge in [0.1, 0.15) is 29.8 Å². The van der Waals surface area contributed by atoms with Gasteiger partial charge in [-0.1, -0.05) is 31.5 Å². The number of hydrogen-bond donors (Lipinski definition) is 1. The second-order valence-corrected chi connectivity index (χ2v) is 10.2. The second kappa shape index (κ2) is 13.0. The van der Waals surface area contributed by atoms with Crippen LogP contribution in [0, 0.1) is 15.9 Å². The van der Waals surface area contributed by atoms with Gasteiger partial charge in [-0.3, -0.25) is 24.0 Å². The summed E-state index contributed by atoms with van der Waals surface area (Å²) in [7, 11) is -2.91. The number of non-ortho nitro benzene ring substituents is 1. The van der Waals surface area contributed by atoms with E-state index in [1.165, 1.54) is 38.3 Å². The van der Waals surface area contributed by atoms with Gasteiger partial charge in [0, 0.05) is 30.8 Å². The number of carbonyl (C=O) groups excluding carboxylic acids is 2. The van der Waals surface area contributed by atoms with Crippen molar-refractivity contribution in [3.63, 3.8) is 0 Å². The highest BCUT2D eigenvalue weighted by molar-refractivity contribution is 7.92. The van der Waals surface area contributed by atoms with Gasteiger partial charge in [0.15, 0.2) is 0 Å². The number of carbonyl (C=O) groups is 2. The molecule has 0 saturated heterocycles. The van der Waals surface area contributed by atoms with Crippen molar-refractivity contribution in [2.75, 3.05) is 30.8 Å². The predicted octanol–water partition coefficient (Wildman–Crippen LogP) is 2.84. The molecule has 37 heavy (non-hydrogen) atoms. The van der Waals surface area contributed by atoms with Crippen LogP contribution < -0.4 is 14.4 Å². The highest BCUT2D eigenvalue weighted by atomic mass is 32.2. The Hall–Kier alpha value is -3.74. The summed E-state index contributed by atoms with van der Waals surface area (Å²) < 4.78 is 45.7. The topological polar surface area (TPSA) is 139 Å². The molecule has 1 N–H and O–H groups in total. The van der Waals surface area contributed by atoms with E-state index in [1.807, 2.05) is 6.92 Å². The third-order valence-electron chi connectivity index (χ3n) is 5.62. The summed E-state index contributed by atoms with van der Waals surface area (Å²) in [4.78, 5) is 38.0. The van der Waals surface area contributed by atoms with E-state index in [1.54, 1.807) is 6.07 Å². The van der Waals surface area contributed by atoms with Crippen LogP contribution in [0.25, 0.3) is 0 Å². The van der Waals surface area contributed by atoms with Crippen molar-refractivity contribution in [3.05, 3.63) is 64.0 Å². The predicted molar refractivity (Wildman–Crippen MR) is 136 cm³/mol. The highest BCUT2D eigenvalue weighted by Gasteiger charge is 2.32. The number of nitro groups is 1. The Morgan fingerprint density at radius 2 is 1.89 bits per heavy atom. The van der Waals surface area contributed by atoms with Gasteiger partial charge in [-0.2, -0.15) is 0 Å². The van der Waals surface area contributed by atoms with Crippen LogP contribution in [0.5, 0.6) is 5.75 Å². The van der Waals surface area contributed by atoms with E-state index in [0.717, 1.165) is 29.7 Å². The molecule has 0 aliphatic heterocycles. The van der Waals surface area contributed by atoms with E-state index >= 15 is 0 Å². The van der Waals surface area contributed by atoms with Crippen molar-refractivity contribution >= 4 is 33.2 Å². The number of methoxy groups -OCH3 is 1. The highest BCUT2D eigenvalue weighted by Crippen LogP contribution is 2.34. The Labute approximate surface area is 215 Å². The number of amides is 2. The second-order valence-electron chi connectivity index (χ2n) is 8.32. The van der Waals surface area contributed by atoms with Crippen LogP contribution in [0.15, 0.2) is 42.5 Å². The number of anilines is 1. The van der Waals surface area contributed by atoms with Crippen molar-refractivity contribution in [2.24, 2.45) is 0 Å². The molecular weight excluding hydrogens is 507 g/mol. The average molecular weight is 539 g/mol. The van der Waals surface area contributed by atoms with E-state index in [2.05, 4.69) is 5.32 Å². The fraction of sp³-hybridized carbons (Fsp3) is 0.417. The Morgan fingerprint density at radius 3 is 2.46 bits per heavy atom. The first-order valence-electron chi connectivity index (χ1n) is 11.5. The van der Waals surface area contributed by atoms with Gasteiger partial charge < -0.3 is 15.0 Å². The lowest BCUT2D eigenvalue weighted by molar-refractivity contribution is -0.384. The van der Waals surface area contributed by atoms with Crippen molar-refractivity contribution < 1.29 is 32.1 Å². The molecule has 2 aromatic carbocycles. The molecular formula is C24H31FN4O7S. The number of unbranched alkanes of at least 4 members (excludes halogenated alkanes) is 1. The molecule has 2 rings (SSSR count). The summed E-state index contributed by atoms with van der Waals surface area (Å²) in [6.07, 6.45) is 2.38. The minimum absolute atomic E-state index is 0.0187. The van der Waals surface area contributed by atoms with Gasteiger partial charge >= 0.3 is 0 Å². The number of hydrogen-bond acceptors (Lipinski definition) is 7. The Kier molecular flexibility index (Phi) is 10.4. The van der Waals surface area contributed by atoms with Gasteiger partial charge in [0.25, 0.3) is 5.69 Å². The van der Waals surface area contributed by atoms with Gasteiger partial charge in [0.2, 0.25) is 21.8 Å². The molecule has 0 radical (unpaired) electrons. The van der Waals surface area contributed by atoms with Crippen molar-refractivity contribution in [2.45, 2.75) is 39.3 Å². The van der Waals surface area contributed by atoms with Crippen LogP contribution in [0.4, 0.5) is 15.8 Å². The van der Waals surface area contributed by atoms with E-state index in [4.69, 9.17) is 4.74 Å². The van der Waals surface area contributed by atoms with Crippen LogP contribution in [-0.2, 0) is 26.2 Å². The van der Waals surface area contributed by atoms with Crippen LogP contribution in [0.2, 0.25) is 0 Å². The van der Waals surface area contributed by atoms with Gasteiger partial charge in [-0.25, -0.2) is 12.8 Å². The SMILES string of the molecule is CCCCNC(=O)C(C)N(Cc1ccccc1F)C(=O)CN(c1cc([N+](=O)[O-])ccc1OC)S(C)(=O)=O. The Balaban J connectivity index is 2.49. The number of rotatable bonds is 13. The molecule has 0 spiro atoms. The monoisotopic (exact) mass is 538 g/mol. The third-order valence-corrected chi connectivity index (χ3v) is 6.74. The number of ether oxygens (including phenoxy) is 1. The van der Waals surface area contributed by atoms with Gasteiger partial charge in [0.05, 0.1) is 18.3 Å². The lowest BCUT2D eigenvalue weighted by atomic mass is 10.1. The fourth-order valence-electron chi connectivity index (χ4n) is 3.51. The minimum atomic E-state index is -4.16. The molecule has 202 valence electrons. The zero-order valence-corrected chi connectivity index (χ0v) is 22.0. The molecule has 0 fully saturated rings. The zero-order valence-electron chi connectivity index (χ0n) is 21.1. The molecule has 11 nitrogen and oxygen atoms in total. The standard InChI is InChI=1S/C24H31FN4O7S/c1-5-6-13-26-24(31)17(2)27(15-18-9-7-8-10-20(18)25)23(30)16-28(37(4,34)35)21-14-19(29(32)33)11-12-22(21)36-3/h7-12,14,17H,5-6,13,15-16H2,1-4H3,(H,26,31). The maximum absolute atomic E-state index is 14.4. The number of nitrogens with one attached hydrogen (secondary N) is 1. The minimum Gasteiger partial charge on any atom is -0.495 e. The molecule has 0 heterocycles. The first-order valence-corrected chi connectivity index (χ1v) is 13.4. The van der Waals surface area contributed by atoms with E-state index in [-0.39, 0.29) is 23.5 Å². The summed E-state index contributed by atoms with van der Waals surface area (Å²) in [6, 6.07) is 7.98. The summed E-state index contributed by atoms with van der Waals surface area (Å²) >= 11 is 0. The number of sulfonamides is 1. The molecule has 13 heteroatoms. The number of nitro benzene ring substituents is 1. The molecule has 2 amide bonds. The summed E-state index contributed by atoms with van der Waals surface area (Å²) in [5.74, 6) is -1.92. The lowest BCUT2D eigenvalue weighted by Crippen LogP contribution is -2.51. The number of benzene rings is 2. The van der Waals surface area contributed by atoms with Crippen LogP contribution in [-0.4, -0.2) is 62.6 Å². The smallest absolute Gasteiger partial charge is 0.271 e. The zero-order chi connectivity index (χ0) is 27.8. The van der Waals surface area contributed by atoms with Crippen LogP contribution >= 0.6 is 0 Å². The maximum Gasteiger partial charge on any atom is 0.271 e. The average Bonchev–Trinajstić information content (AvgIpc) is 2.85. The van der Waals surface area contributed by atoms with Crippen LogP contribution in [0.3, 0.4) is 0 Å². The molecule has 0 aromatic heterocycles. The number of nitrogens with zero attached hydrogens (tertiary/aromatic N) is 3. The van der Waals surface area contributed by atoms with Gasteiger partial charge in [-0.15, -0.1) is 0 Å². The first kappa shape index (κ1) is 29.5. The Bertz CT molecular complexity index is 1240. The Morgan fingerprint density at radius 1 is 1.22 bits per heavy atom. The largest absolute Gasteiger partial charge is 0.495 e.